The van der Waals surface area contributed by atoms with E-state index in [1.165, 1.54) is 6.08 Å². The first-order valence-corrected chi connectivity index (χ1v) is 3.86. The van der Waals surface area contributed by atoms with E-state index in [1.54, 1.807) is 6.92 Å². The van der Waals surface area contributed by atoms with Crippen LogP contribution in [0.2, 0.25) is 0 Å². The molecule has 2 N–H and O–H groups in total. The number of nitrogens with two attached hydrogens (primary N) is 1. The van der Waals surface area contributed by atoms with Crippen molar-refractivity contribution in [2.24, 2.45) is 5.73 Å². The zero-order valence-electron chi connectivity index (χ0n) is 6.58. The average molecular weight is 189 g/mol. The zero-order chi connectivity index (χ0) is 9.30. The van der Waals surface area contributed by atoms with Crippen molar-refractivity contribution in [3.05, 3.63) is 32.5 Å². The predicted octanol–water partition coefficient (Wildman–Crippen LogP) is 1.39. The molecule has 1 aliphatic carbocycles. The molecule has 0 saturated carbocycles. The fraction of sp³-hybridized carbons (Fsp3) is 0.429. The van der Waals surface area contributed by atoms with E-state index in [9.17, 15) is 10.1 Å². The molecule has 0 bridgehead atoms. The Labute approximate surface area is 74.8 Å². The Morgan fingerprint density at radius 2 is 2.42 bits per heavy atom. The lowest BCUT2D eigenvalue weighted by molar-refractivity contribution is -0.509. The first-order chi connectivity index (χ1) is 5.52. The highest BCUT2D eigenvalue weighted by atomic mass is 35.5. The molecular weight excluding hydrogens is 180 g/mol. The van der Waals surface area contributed by atoms with E-state index in [4.69, 9.17) is 17.3 Å². The molecule has 0 heterocycles. The smallest absolute Gasteiger partial charge is 0.236 e. The van der Waals surface area contributed by atoms with Crippen molar-refractivity contribution in [2.75, 3.05) is 0 Å². The molecule has 0 amide bonds. The minimum absolute atomic E-state index is 0.292. The normalized spacial score (nSPS) is 23.8. The highest BCUT2D eigenvalue weighted by Gasteiger charge is 2.24. The molecule has 12 heavy (non-hydrogen) atoms. The van der Waals surface area contributed by atoms with Gasteiger partial charge >= 0.3 is 0 Å². The van der Waals surface area contributed by atoms with Crippen LogP contribution in [0.3, 0.4) is 0 Å². The van der Waals surface area contributed by atoms with Gasteiger partial charge in [0.1, 0.15) is 0 Å². The van der Waals surface area contributed by atoms with E-state index in [0.717, 1.165) is 5.57 Å². The summed E-state index contributed by atoms with van der Waals surface area (Å²) in [6.07, 6.45) is 1.74. The molecule has 1 unspecified atom stereocenters. The third-order valence-corrected chi connectivity index (χ3v) is 2.17. The van der Waals surface area contributed by atoms with Crippen LogP contribution in [-0.4, -0.2) is 11.0 Å². The van der Waals surface area contributed by atoms with Gasteiger partial charge in [-0.1, -0.05) is 11.6 Å². The lowest BCUT2D eigenvalue weighted by atomic mass is 10.0. The second-order valence-corrected chi connectivity index (χ2v) is 3.17. The number of nitro groups is 1. The van der Waals surface area contributed by atoms with Crippen LogP contribution in [0.1, 0.15) is 13.3 Å². The molecule has 0 saturated heterocycles. The summed E-state index contributed by atoms with van der Waals surface area (Å²) in [4.78, 5) is 10.0. The van der Waals surface area contributed by atoms with E-state index in [-0.39, 0.29) is 4.92 Å². The second-order valence-electron chi connectivity index (χ2n) is 2.77. The number of hydrogen-bond acceptors (Lipinski definition) is 3. The van der Waals surface area contributed by atoms with Crippen LogP contribution in [0.25, 0.3) is 0 Å². The van der Waals surface area contributed by atoms with Crippen LogP contribution in [0.15, 0.2) is 22.4 Å². The van der Waals surface area contributed by atoms with E-state index in [0.29, 0.717) is 17.2 Å². The van der Waals surface area contributed by atoms with Crippen molar-refractivity contribution >= 4 is 11.6 Å². The quantitative estimate of drug-likeness (QED) is 0.500. The summed E-state index contributed by atoms with van der Waals surface area (Å²) in [5, 5.41) is 10.7. The Hall–Kier alpha value is -1.03. The van der Waals surface area contributed by atoms with Crippen LogP contribution in [0.4, 0.5) is 0 Å². The molecule has 0 spiro atoms. The van der Waals surface area contributed by atoms with E-state index in [1.807, 2.05) is 0 Å². The van der Waals surface area contributed by atoms with Gasteiger partial charge in [0.05, 0.1) is 5.03 Å². The van der Waals surface area contributed by atoms with Gasteiger partial charge in [-0.3, -0.25) is 10.1 Å². The number of allylic oxidation sites excluding steroid dienone is 1. The fourth-order valence-electron chi connectivity index (χ4n) is 1.08. The number of halogens is 1. The first kappa shape index (κ1) is 9.06. The summed E-state index contributed by atoms with van der Waals surface area (Å²) < 4.78 is 0. The summed E-state index contributed by atoms with van der Waals surface area (Å²) in [7, 11) is 0. The minimum Gasteiger partial charge on any atom is -0.398 e. The predicted molar refractivity (Wildman–Crippen MR) is 46.2 cm³/mol. The van der Waals surface area contributed by atoms with Crippen molar-refractivity contribution in [1.82, 2.24) is 0 Å². The number of nitrogens with zero attached hydrogens (tertiary/aromatic N) is 1. The maximum absolute atomic E-state index is 10.4. The van der Waals surface area contributed by atoms with Gasteiger partial charge in [0, 0.05) is 23.1 Å². The van der Waals surface area contributed by atoms with Crippen LogP contribution in [0, 0.1) is 10.1 Å². The molecule has 0 radical (unpaired) electrons. The summed E-state index contributed by atoms with van der Waals surface area (Å²) in [5.41, 5.74) is 6.79. The molecule has 4 nitrogen and oxygen atoms in total. The zero-order valence-corrected chi connectivity index (χ0v) is 7.34. The number of hydrogen-bond donors (Lipinski definition) is 1. The summed E-state index contributed by atoms with van der Waals surface area (Å²) in [6.45, 7) is 1.75. The highest BCUT2D eigenvalue weighted by Crippen LogP contribution is 2.25. The Morgan fingerprint density at radius 1 is 1.83 bits per heavy atom. The largest absolute Gasteiger partial charge is 0.398 e. The van der Waals surface area contributed by atoms with E-state index < -0.39 is 6.04 Å². The molecular formula is C7H9ClN2O2. The fourth-order valence-corrected chi connectivity index (χ4v) is 1.39. The highest BCUT2D eigenvalue weighted by molar-refractivity contribution is 6.32. The molecule has 0 fully saturated rings. The molecule has 1 rings (SSSR count). The van der Waals surface area contributed by atoms with Gasteiger partial charge in [-0.05, 0) is 12.5 Å². The molecule has 0 aromatic heterocycles. The van der Waals surface area contributed by atoms with Crippen molar-refractivity contribution in [3.8, 4) is 0 Å². The summed E-state index contributed by atoms with van der Waals surface area (Å²) in [5.74, 6) is 0. The lowest BCUT2D eigenvalue weighted by Gasteiger charge is -2.14. The molecule has 1 atom stereocenters. The monoisotopic (exact) mass is 188 g/mol. The van der Waals surface area contributed by atoms with Gasteiger partial charge in [-0.15, -0.1) is 0 Å². The van der Waals surface area contributed by atoms with Gasteiger partial charge in [-0.2, -0.15) is 0 Å². The SMILES string of the molecule is CC1=C(N)C(Cl)=CC([N+](=O)[O-])C1. The van der Waals surface area contributed by atoms with Crippen LogP contribution < -0.4 is 5.73 Å². The minimum atomic E-state index is -0.718. The molecule has 5 heteroatoms. The average Bonchev–Trinajstić information content (AvgIpc) is 1.99. The van der Waals surface area contributed by atoms with Gasteiger partial charge in [0.15, 0.2) is 0 Å². The Bertz CT molecular complexity index is 283. The van der Waals surface area contributed by atoms with Crippen molar-refractivity contribution in [1.29, 1.82) is 0 Å². The van der Waals surface area contributed by atoms with Crippen LogP contribution in [-0.2, 0) is 0 Å². The third kappa shape index (κ3) is 1.58. The Balaban J connectivity index is 2.91. The van der Waals surface area contributed by atoms with Crippen molar-refractivity contribution in [2.45, 2.75) is 19.4 Å². The van der Waals surface area contributed by atoms with Crippen molar-refractivity contribution in [3.63, 3.8) is 0 Å². The molecule has 0 aromatic carbocycles. The maximum Gasteiger partial charge on any atom is 0.236 e. The summed E-state index contributed by atoms with van der Waals surface area (Å²) >= 11 is 5.67. The van der Waals surface area contributed by atoms with Gasteiger partial charge in [0.2, 0.25) is 6.04 Å². The Morgan fingerprint density at radius 3 is 2.83 bits per heavy atom. The molecule has 0 aromatic rings. The van der Waals surface area contributed by atoms with Gasteiger partial charge < -0.3 is 5.73 Å². The van der Waals surface area contributed by atoms with Crippen molar-refractivity contribution < 1.29 is 4.92 Å². The Kier molecular flexibility index (Phi) is 2.38. The molecule has 1 aliphatic rings. The summed E-state index contributed by atoms with van der Waals surface area (Å²) in [6, 6.07) is -0.718. The van der Waals surface area contributed by atoms with E-state index >= 15 is 0 Å². The topological polar surface area (TPSA) is 69.2 Å². The standard InChI is InChI=1S/C7H9ClN2O2/c1-4-2-5(10(11)12)3-6(8)7(4)9/h3,5H,2,9H2,1H3. The number of rotatable bonds is 1. The van der Waals surface area contributed by atoms with Gasteiger partial charge in [-0.25, -0.2) is 0 Å². The maximum atomic E-state index is 10.4. The van der Waals surface area contributed by atoms with Crippen LogP contribution >= 0.6 is 11.6 Å². The lowest BCUT2D eigenvalue weighted by Crippen LogP contribution is -2.22. The molecule has 66 valence electrons. The van der Waals surface area contributed by atoms with Crippen LogP contribution in [0.5, 0.6) is 0 Å². The first-order valence-electron chi connectivity index (χ1n) is 3.48. The second kappa shape index (κ2) is 3.15. The van der Waals surface area contributed by atoms with E-state index in [2.05, 4.69) is 0 Å². The van der Waals surface area contributed by atoms with Gasteiger partial charge in [0.25, 0.3) is 0 Å². The third-order valence-electron chi connectivity index (χ3n) is 1.84. The molecule has 0 aliphatic heterocycles.